The van der Waals surface area contributed by atoms with Gasteiger partial charge >= 0.3 is 0 Å². The largest absolute Gasteiger partial charge is 0.492 e. The number of morpholine rings is 1. The molecule has 2 aliphatic heterocycles. The predicted molar refractivity (Wildman–Crippen MR) is 183 cm³/mol. The lowest BCUT2D eigenvalue weighted by Gasteiger charge is -2.39. The van der Waals surface area contributed by atoms with Gasteiger partial charge in [-0.2, -0.15) is 0 Å². The molecule has 6 rings (SSSR count). The number of hydrogen-bond donors (Lipinski definition) is 2. The molecule has 0 radical (unpaired) electrons. The zero-order valence-electron chi connectivity index (χ0n) is 27.1. The summed E-state index contributed by atoms with van der Waals surface area (Å²) in [6, 6.07) is 12.9. The molecule has 1 atom stereocenters. The molecular formula is C34H43ClN4O8S. The number of para-hydroxylation sites is 1. The molecular weight excluding hydrogens is 660 g/mol. The Balaban J connectivity index is 0.00000451. The van der Waals surface area contributed by atoms with Gasteiger partial charge in [-0.05, 0) is 55.7 Å². The maximum Gasteiger partial charge on any atom is 0.287 e. The second kappa shape index (κ2) is 15.3. The van der Waals surface area contributed by atoms with Crippen LogP contribution in [0, 0.1) is 0 Å². The number of amides is 2. The van der Waals surface area contributed by atoms with Crippen molar-refractivity contribution < 1.29 is 36.7 Å². The number of carbonyl (C=O) groups is 3. The molecule has 3 heterocycles. The van der Waals surface area contributed by atoms with Crippen LogP contribution in [0.5, 0.6) is 5.75 Å². The first-order chi connectivity index (χ1) is 22.6. The van der Waals surface area contributed by atoms with E-state index in [1.54, 1.807) is 35.2 Å². The maximum atomic E-state index is 13.8. The smallest absolute Gasteiger partial charge is 0.287 e. The highest BCUT2D eigenvalue weighted by molar-refractivity contribution is 7.90. The number of nitrogens with zero attached hydrogens (tertiary/aromatic N) is 2. The first kappa shape index (κ1) is 35.7. The number of ketones is 1. The van der Waals surface area contributed by atoms with Crippen LogP contribution in [0.15, 0.2) is 57.8 Å². The van der Waals surface area contributed by atoms with Crippen LogP contribution in [0.25, 0.3) is 11.0 Å². The van der Waals surface area contributed by atoms with Gasteiger partial charge in [0.05, 0.1) is 36.4 Å². The van der Waals surface area contributed by atoms with Crippen molar-refractivity contribution in [3.8, 4) is 5.75 Å². The summed E-state index contributed by atoms with van der Waals surface area (Å²) in [4.78, 5) is 44.8. The highest BCUT2D eigenvalue weighted by Crippen LogP contribution is 2.32. The van der Waals surface area contributed by atoms with E-state index in [-0.39, 0.29) is 41.3 Å². The number of halogens is 1. The van der Waals surface area contributed by atoms with Gasteiger partial charge in [0.2, 0.25) is 5.91 Å². The van der Waals surface area contributed by atoms with Crippen molar-refractivity contribution in [3.05, 3.63) is 54.3 Å². The second-order valence-corrected chi connectivity index (χ2v) is 14.6. The molecule has 14 heteroatoms. The van der Waals surface area contributed by atoms with Crippen molar-refractivity contribution in [2.24, 2.45) is 0 Å². The Labute approximate surface area is 286 Å². The quantitative estimate of drug-likeness (QED) is 0.322. The van der Waals surface area contributed by atoms with E-state index in [2.05, 4.69) is 15.5 Å². The number of fused-ring (bicyclic) bond motifs is 1. The number of carbonyl (C=O) groups excluding carboxylic acids is 3. The van der Waals surface area contributed by atoms with Gasteiger partial charge in [-0.3, -0.25) is 19.3 Å². The minimum atomic E-state index is -3.49. The Morgan fingerprint density at radius 2 is 1.77 bits per heavy atom. The topological polar surface area (TPSA) is 147 Å². The van der Waals surface area contributed by atoms with E-state index in [0.717, 1.165) is 63.8 Å². The molecule has 48 heavy (non-hydrogen) atoms. The van der Waals surface area contributed by atoms with Gasteiger partial charge in [-0.25, -0.2) is 8.42 Å². The number of nitrogens with one attached hydrogen (secondary N) is 2. The number of piperidine rings is 1. The molecule has 1 unspecified atom stereocenters. The minimum absolute atomic E-state index is 0. The van der Waals surface area contributed by atoms with Crippen LogP contribution in [0.2, 0.25) is 0 Å². The van der Waals surface area contributed by atoms with Crippen molar-refractivity contribution in [1.29, 1.82) is 0 Å². The molecule has 1 saturated carbocycles. The van der Waals surface area contributed by atoms with Crippen LogP contribution in [0.1, 0.15) is 49.1 Å². The molecule has 12 nitrogen and oxygen atoms in total. The third-order valence-electron chi connectivity index (χ3n) is 9.32. The Morgan fingerprint density at radius 1 is 1.02 bits per heavy atom. The number of rotatable bonds is 10. The van der Waals surface area contributed by atoms with Gasteiger partial charge in [-0.15, -0.1) is 12.4 Å². The van der Waals surface area contributed by atoms with Crippen LogP contribution in [-0.4, -0.2) is 101 Å². The van der Waals surface area contributed by atoms with Crippen LogP contribution >= 0.6 is 12.4 Å². The highest BCUT2D eigenvalue weighted by atomic mass is 35.5. The summed E-state index contributed by atoms with van der Waals surface area (Å²) < 4.78 is 41.9. The first-order valence-corrected chi connectivity index (χ1v) is 18.2. The van der Waals surface area contributed by atoms with E-state index in [9.17, 15) is 22.8 Å². The summed E-state index contributed by atoms with van der Waals surface area (Å²) in [5.74, 6) is -0.327. The fourth-order valence-electron chi connectivity index (χ4n) is 6.69. The zero-order valence-corrected chi connectivity index (χ0v) is 28.7. The van der Waals surface area contributed by atoms with E-state index >= 15 is 0 Å². The normalized spacial score (nSPS) is 20.1. The lowest BCUT2D eigenvalue weighted by atomic mass is 9.80. The fraction of sp³-hybridized carbons (Fsp3) is 0.500. The Bertz CT molecular complexity index is 1730. The van der Waals surface area contributed by atoms with Gasteiger partial charge in [-0.1, -0.05) is 31.4 Å². The van der Waals surface area contributed by atoms with Crippen molar-refractivity contribution in [1.82, 2.24) is 15.5 Å². The second-order valence-electron chi connectivity index (χ2n) is 12.7. The monoisotopic (exact) mass is 702 g/mol. The SMILES string of the molecule is CS(=O)(=O)c1ccccc1N1CCC(NC(=O)C2(NC(=O)c3cc4cc(OCCN5CCOCC5)ccc4o3)CCCCC2)C(=O)C1.Cl. The van der Waals surface area contributed by atoms with E-state index in [1.807, 2.05) is 12.1 Å². The van der Waals surface area contributed by atoms with E-state index in [4.69, 9.17) is 13.9 Å². The van der Waals surface area contributed by atoms with Crippen LogP contribution in [0.4, 0.5) is 5.69 Å². The van der Waals surface area contributed by atoms with Crippen molar-refractivity contribution >= 4 is 56.5 Å². The van der Waals surface area contributed by atoms with Crippen molar-refractivity contribution in [2.45, 2.75) is 55.0 Å². The summed E-state index contributed by atoms with van der Waals surface area (Å²) in [6.45, 7) is 4.93. The maximum absolute atomic E-state index is 13.8. The van der Waals surface area contributed by atoms with Gasteiger partial charge in [0.15, 0.2) is 21.4 Å². The third-order valence-corrected chi connectivity index (χ3v) is 10.5. The standard InChI is InChI=1S/C34H42N4O8S.ClH/c1-47(42,43)31-8-4-3-7-27(31)38-14-11-26(28(39)23-38)35-33(41)34(12-5-2-6-13-34)36-32(40)30-22-24-21-25(9-10-29(24)46-30)45-20-17-37-15-18-44-19-16-37;/h3-4,7-10,21-22,26H,2,5-6,11-20,23H2,1H3,(H,35,41)(H,36,40);1H. The average Bonchev–Trinajstić information content (AvgIpc) is 3.50. The minimum Gasteiger partial charge on any atom is -0.492 e. The lowest BCUT2D eigenvalue weighted by molar-refractivity contribution is -0.133. The Hall–Kier alpha value is -3.65. The zero-order chi connectivity index (χ0) is 33.0. The molecule has 2 amide bonds. The number of benzene rings is 2. The number of furan rings is 1. The molecule has 0 spiro atoms. The van der Waals surface area contributed by atoms with E-state index in [0.29, 0.717) is 49.4 Å². The molecule has 2 aromatic carbocycles. The molecule has 260 valence electrons. The molecule has 3 aromatic rings. The van der Waals surface area contributed by atoms with Crippen LogP contribution in [-0.2, 0) is 24.2 Å². The van der Waals surface area contributed by atoms with Crippen LogP contribution in [0.3, 0.4) is 0 Å². The number of hydrogen-bond acceptors (Lipinski definition) is 10. The lowest BCUT2D eigenvalue weighted by Crippen LogP contribution is -2.63. The van der Waals surface area contributed by atoms with Gasteiger partial charge in [0.1, 0.15) is 23.5 Å². The highest BCUT2D eigenvalue weighted by Gasteiger charge is 2.43. The van der Waals surface area contributed by atoms with E-state index in [1.165, 1.54) is 6.07 Å². The predicted octanol–water partition coefficient (Wildman–Crippen LogP) is 3.37. The molecule has 0 bridgehead atoms. The molecule has 3 aliphatic rings. The van der Waals surface area contributed by atoms with Crippen molar-refractivity contribution in [3.63, 3.8) is 0 Å². The number of sulfone groups is 1. The van der Waals surface area contributed by atoms with Gasteiger partial charge in [0.25, 0.3) is 5.91 Å². The first-order valence-electron chi connectivity index (χ1n) is 16.3. The number of ether oxygens (including phenoxy) is 2. The van der Waals surface area contributed by atoms with Crippen molar-refractivity contribution in [2.75, 3.05) is 63.7 Å². The fourth-order valence-corrected chi connectivity index (χ4v) is 7.60. The summed E-state index contributed by atoms with van der Waals surface area (Å²) in [5.41, 5.74) is -0.170. The van der Waals surface area contributed by atoms with Crippen LogP contribution < -0.4 is 20.3 Å². The third kappa shape index (κ3) is 8.13. The summed E-state index contributed by atoms with van der Waals surface area (Å²) in [7, 11) is -3.49. The Kier molecular flexibility index (Phi) is 11.3. The molecule has 2 saturated heterocycles. The molecule has 1 aromatic heterocycles. The number of Topliss-reactive ketones (excluding diaryl/α,β-unsaturated/α-hetero) is 1. The average molecular weight is 703 g/mol. The number of anilines is 1. The summed E-state index contributed by atoms with van der Waals surface area (Å²) >= 11 is 0. The van der Waals surface area contributed by atoms with Gasteiger partial charge < -0.3 is 29.4 Å². The molecule has 3 fully saturated rings. The van der Waals surface area contributed by atoms with Gasteiger partial charge in [0, 0.05) is 37.8 Å². The molecule has 1 aliphatic carbocycles. The molecule has 2 N–H and O–H groups in total. The van der Waals surface area contributed by atoms with E-state index < -0.39 is 27.3 Å². The Morgan fingerprint density at radius 3 is 2.50 bits per heavy atom. The summed E-state index contributed by atoms with van der Waals surface area (Å²) in [5, 5.41) is 6.62. The summed E-state index contributed by atoms with van der Waals surface area (Å²) in [6.07, 6.45) is 4.81.